The van der Waals surface area contributed by atoms with Gasteiger partial charge < -0.3 is 14.8 Å². The molecular weight excluding hydrogens is 530 g/mol. The first-order chi connectivity index (χ1) is 17.7. The number of methoxy groups -OCH3 is 1. The minimum atomic E-state index is -4.94. The van der Waals surface area contributed by atoms with Gasteiger partial charge in [0, 0.05) is 11.9 Å². The summed E-state index contributed by atoms with van der Waals surface area (Å²) in [5.41, 5.74) is -2.60. The molecule has 8 nitrogen and oxygen atoms in total. The molecule has 3 aromatic rings. The van der Waals surface area contributed by atoms with E-state index in [1.54, 1.807) is 0 Å². The van der Waals surface area contributed by atoms with E-state index in [9.17, 15) is 26.4 Å². The highest BCUT2D eigenvalue weighted by Gasteiger charge is 2.42. The summed E-state index contributed by atoms with van der Waals surface area (Å²) in [7, 11) is -2.42. The first-order valence-corrected chi connectivity index (χ1v) is 13.2. The normalized spacial score (nSPS) is 14.6. The first-order valence-electron chi connectivity index (χ1n) is 11.3. The molecule has 1 N–H and O–H groups in total. The summed E-state index contributed by atoms with van der Waals surface area (Å²) in [5, 5.41) is 9.05. The Balaban J connectivity index is 1.78. The zero-order chi connectivity index (χ0) is 28.0. The maximum absolute atomic E-state index is 15.2. The number of aromatic nitrogens is 2. The third-order valence-corrected chi connectivity index (χ3v) is 7.43. The number of nitrogens with zero attached hydrogens (tertiary/aromatic N) is 2. The molecule has 1 aromatic heterocycles. The number of carbonyl (C=O) groups excluding carboxylic acids is 1. The molecule has 202 valence electrons. The van der Waals surface area contributed by atoms with Gasteiger partial charge in [-0.1, -0.05) is 19.1 Å². The second-order valence-electron chi connectivity index (χ2n) is 9.23. The summed E-state index contributed by atoms with van der Waals surface area (Å²) in [5.74, 6) is -2.92. The van der Waals surface area contributed by atoms with E-state index < -0.39 is 50.4 Å². The summed E-state index contributed by atoms with van der Waals surface area (Å²) in [6.45, 7) is 2.90. The van der Waals surface area contributed by atoms with E-state index >= 15 is 4.39 Å². The smallest absolute Gasteiger partial charge is 0.435 e. The Labute approximate surface area is 215 Å². The number of alkyl halides is 3. The van der Waals surface area contributed by atoms with Crippen molar-refractivity contribution in [1.82, 2.24) is 10.2 Å². The Kier molecular flexibility index (Phi) is 6.85. The SMILES string of the molecule is COc1c(Oc2nnc(C(F)(F)F)c(C)c2C(=O)Nc2cccc(S(C)(=O)=O)c2)ccc(C2(C)CC2)c1F. The topological polar surface area (TPSA) is 107 Å². The van der Waals surface area contributed by atoms with Crippen molar-refractivity contribution >= 4 is 21.4 Å². The van der Waals surface area contributed by atoms with Crippen molar-refractivity contribution in [2.24, 2.45) is 0 Å². The van der Waals surface area contributed by atoms with Gasteiger partial charge in [0.15, 0.2) is 32.8 Å². The fraction of sp³-hybridized carbons (Fsp3) is 0.320. The van der Waals surface area contributed by atoms with Crippen molar-refractivity contribution in [3.05, 3.63) is 64.6 Å². The largest absolute Gasteiger partial charge is 0.490 e. The molecule has 0 unspecified atom stereocenters. The number of benzene rings is 2. The van der Waals surface area contributed by atoms with Gasteiger partial charge in [0.2, 0.25) is 0 Å². The summed E-state index contributed by atoms with van der Waals surface area (Å²) in [4.78, 5) is 13.1. The van der Waals surface area contributed by atoms with E-state index in [-0.39, 0.29) is 27.5 Å². The van der Waals surface area contributed by atoms with E-state index in [1.807, 2.05) is 6.92 Å². The highest BCUT2D eigenvalue weighted by molar-refractivity contribution is 7.90. The van der Waals surface area contributed by atoms with Gasteiger partial charge in [-0.15, -0.1) is 10.2 Å². The van der Waals surface area contributed by atoms with Gasteiger partial charge >= 0.3 is 6.18 Å². The van der Waals surface area contributed by atoms with Crippen LogP contribution in [-0.2, 0) is 21.4 Å². The van der Waals surface area contributed by atoms with Crippen LogP contribution >= 0.6 is 0 Å². The highest BCUT2D eigenvalue weighted by Crippen LogP contribution is 2.51. The summed E-state index contributed by atoms with van der Waals surface area (Å²) >= 11 is 0. The summed E-state index contributed by atoms with van der Waals surface area (Å²) in [6, 6.07) is 8.04. The zero-order valence-electron chi connectivity index (χ0n) is 20.7. The van der Waals surface area contributed by atoms with Crippen LogP contribution < -0.4 is 14.8 Å². The van der Waals surface area contributed by atoms with E-state index in [0.717, 1.165) is 32.1 Å². The number of halogens is 4. The van der Waals surface area contributed by atoms with Crippen LogP contribution in [0.2, 0.25) is 0 Å². The second-order valence-corrected chi connectivity index (χ2v) is 11.2. The maximum Gasteiger partial charge on any atom is 0.435 e. The lowest BCUT2D eigenvalue weighted by molar-refractivity contribution is -0.142. The van der Waals surface area contributed by atoms with E-state index in [1.165, 1.54) is 37.4 Å². The summed E-state index contributed by atoms with van der Waals surface area (Å²) < 4.78 is 90.5. The first kappa shape index (κ1) is 27.3. The molecule has 4 rings (SSSR count). The molecule has 1 saturated carbocycles. The van der Waals surface area contributed by atoms with Gasteiger partial charge in [0.05, 0.1) is 12.0 Å². The number of carbonyl (C=O) groups is 1. The van der Waals surface area contributed by atoms with Gasteiger partial charge in [-0.25, -0.2) is 12.8 Å². The number of amides is 1. The number of hydrogen-bond acceptors (Lipinski definition) is 7. The van der Waals surface area contributed by atoms with Crippen LogP contribution in [0.1, 0.15) is 46.9 Å². The van der Waals surface area contributed by atoms with Crippen LogP contribution in [0.3, 0.4) is 0 Å². The van der Waals surface area contributed by atoms with Gasteiger partial charge in [0.25, 0.3) is 11.8 Å². The Hall–Kier alpha value is -3.74. The average Bonchev–Trinajstić information content (AvgIpc) is 3.56. The van der Waals surface area contributed by atoms with Gasteiger partial charge in [0.1, 0.15) is 5.56 Å². The number of sulfone groups is 1. The van der Waals surface area contributed by atoms with Crippen molar-refractivity contribution in [1.29, 1.82) is 0 Å². The molecular formula is C25H23F4N3O5S. The Morgan fingerprint density at radius 1 is 1.13 bits per heavy atom. The Morgan fingerprint density at radius 3 is 2.39 bits per heavy atom. The van der Waals surface area contributed by atoms with Crippen LogP contribution in [0, 0.1) is 12.7 Å². The lowest BCUT2D eigenvalue weighted by Gasteiger charge is -2.18. The van der Waals surface area contributed by atoms with E-state index in [4.69, 9.17) is 9.47 Å². The predicted octanol–water partition coefficient (Wildman–Crippen LogP) is 5.45. The molecule has 0 radical (unpaired) electrons. The number of hydrogen-bond donors (Lipinski definition) is 1. The number of nitrogens with one attached hydrogen (secondary N) is 1. The molecule has 0 aliphatic heterocycles. The van der Waals surface area contributed by atoms with Crippen molar-refractivity contribution in [2.45, 2.75) is 43.2 Å². The molecule has 0 atom stereocenters. The number of rotatable bonds is 7. The average molecular weight is 554 g/mol. The van der Waals surface area contributed by atoms with Crippen molar-refractivity contribution in [2.75, 3.05) is 18.7 Å². The fourth-order valence-corrected chi connectivity index (χ4v) is 4.61. The molecule has 1 aliphatic carbocycles. The zero-order valence-corrected chi connectivity index (χ0v) is 21.6. The quantitative estimate of drug-likeness (QED) is 0.388. The molecule has 38 heavy (non-hydrogen) atoms. The van der Waals surface area contributed by atoms with Crippen LogP contribution in [0.5, 0.6) is 17.4 Å². The molecule has 0 spiro atoms. The third kappa shape index (κ3) is 5.28. The third-order valence-electron chi connectivity index (χ3n) is 6.32. The minimum absolute atomic E-state index is 0.000647. The Bertz CT molecular complexity index is 1540. The van der Waals surface area contributed by atoms with Crippen LogP contribution in [0.25, 0.3) is 0 Å². The van der Waals surface area contributed by atoms with Gasteiger partial charge in [-0.2, -0.15) is 13.2 Å². The standard InChI is InChI=1S/C25H23F4N3O5S/c1-13-18(22(33)30-14-6-5-7-15(12-14)38(4,34)35)23(32-31-21(13)25(27,28)29)37-17-9-8-16(24(2)10-11-24)19(26)20(17)36-3/h5-9,12H,10-11H2,1-4H3,(H,30,33). The molecule has 1 fully saturated rings. The molecule has 13 heteroatoms. The Morgan fingerprint density at radius 2 is 1.82 bits per heavy atom. The maximum atomic E-state index is 15.2. The second kappa shape index (κ2) is 9.53. The number of anilines is 1. The fourth-order valence-electron chi connectivity index (χ4n) is 3.94. The van der Waals surface area contributed by atoms with Crippen LogP contribution in [0.4, 0.5) is 23.2 Å². The van der Waals surface area contributed by atoms with Crippen LogP contribution in [0.15, 0.2) is 41.3 Å². The van der Waals surface area contributed by atoms with Gasteiger partial charge in [-0.05, 0) is 60.6 Å². The number of ether oxygens (including phenoxy) is 2. The molecule has 1 amide bonds. The highest BCUT2D eigenvalue weighted by atomic mass is 32.2. The molecule has 1 aliphatic rings. The van der Waals surface area contributed by atoms with Crippen molar-refractivity contribution in [3.63, 3.8) is 0 Å². The predicted molar refractivity (Wildman–Crippen MR) is 129 cm³/mol. The van der Waals surface area contributed by atoms with E-state index in [2.05, 4.69) is 15.5 Å². The minimum Gasteiger partial charge on any atom is -0.490 e. The molecule has 2 aromatic carbocycles. The van der Waals surface area contributed by atoms with Crippen LogP contribution in [-0.4, -0.2) is 37.9 Å². The van der Waals surface area contributed by atoms with Crippen molar-refractivity contribution in [3.8, 4) is 17.4 Å². The monoisotopic (exact) mass is 553 g/mol. The molecule has 1 heterocycles. The lowest BCUT2D eigenvalue weighted by Crippen LogP contribution is -2.21. The molecule has 0 saturated heterocycles. The van der Waals surface area contributed by atoms with Crippen molar-refractivity contribution < 1.29 is 40.2 Å². The molecule has 0 bridgehead atoms. The summed E-state index contributed by atoms with van der Waals surface area (Å²) in [6.07, 6.45) is -2.41. The lowest BCUT2D eigenvalue weighted by atomic mass is 9.97. The van der Waals surface area contributed by atoms with E-state index in [0.29, 0.717) is 5.56 Å². The van der Waals surface area contributed by atoms with Gasteiger partial charge in [-0.3, -0.25) is 4.79 Å².